The van der Waals surface area contributed by atoms with Gasteiger partial charge in [0.25, 0.3) is 0 Å². The lowest BCUT2D eigenvalue weighted by Gasteiger charge is -2.60. The second-order valence-corrected chi connectivity index (χ2v) is 15.1. The van der Waals surface area contributed by atoms with Gasteiger partial charge in [0, 0.05) is 12.5 Å². The van der Waals surface area contributed by atoms with Crippen LogP contribution in [0.25, 0.3) is 0 Å². The highest BCUT2D eigenvalue weighted by atomic mass is 28.4. The summed E-state index contributed by atoms with van der Waals surface area (Å²) >= 11 is 0. The summed E-state index contributed by atoms with van der Waals surface area (Å²) in [5, 5.41) is 1.34. The summed E-state index contributed by atoms with van der Waals surface area (Å²) in [6.07, 6.45) is 11.9. The van der Waals surface area contributed by atoms with Crippen LogP contribution in [0.1, 0.15) is 58.8 Å². The highest BCUT2D eigenvalue weighted by molar-refractivity contribution is 6.84. The Labute approximate surface area is 184 Å². The zero-order chi connectivity index (χ0) is 21.6. The molecule has 4 rings (SSSR count). The second-order valence-electron chi connectivity index (χ2n) is 11.3. The molecule has 1 aromatic rings. The van der Waals surface area contributed by atoms with E-state index in [1.165, 1.54) is 37.3 Å². The highest BCUT2D eigenvalue weighted by Gasteiger charge is 2.59. The van der Waals surface area contributed by atoms with E-state index < -0.39 is 8.32 Å². The maximum atomic E-state index is 11.8. The third-order valence-corrected chi connectivity index (χ3v) is 12.1. The molecule has 0 spiro atoms. The molecule has 164 valence electrons. The fourth-order valence-electron chi connectivity index (χ4n) is 7.72. The van der Waals surface area contributed by atoms with Gasteiger partial charge < -0.3 is 9.22 Å². The van der Waals surface area contributed by atoms with Crippen LogP contribution >= 0.6 is 0 Å². The molecule has 0 unspecified atom stereocenters. The predicted molar refractivity (Wildman–Crippen MR) is 127 cm³/mol. The van der Waals surface area contributed by atoms with Crippen molar-refractivity contribution < 1.29 is 9.22 Å². The Morgan fingerprint density at radius 2 is 1.87 bits per heavy atom. The molecule has 30 heavy (non-hydrogen) atoms. The second kappa shape index (κ2) is 8.06. The summed E-state index contributed by atoms with van der Waals surface area (Å²) in [6.45, 7) is 13.9. The zero-order valence-electron chi connectivity index (χ0n) is 19.4. The molecule has 1 aromatic carbocycles. The van der Waals surface area contributed by atoms with E-state index in [9.17, 15) is 4.79 Å². The van der Waals surface area contributed by atoms with Gasteiger partial charge in [-0.1, -0.05) is 56.7 Å². The van der Waals surface area contributed by atoms with Crippen LogP contribution in [0.5, 0.6) is 0 Å². The van der Waals surface area contributed by atoms with Crippen molar-refractivity contribution in [1.29, 1.82) is 0 Å². The van der Waals surface area contributed by atoms with Gasteiger partial charge in [-0.3, -0.25) is 0 Å². The SMILES string of the molecule is C=C[C@]1(C)[C@H]2CC[C@]3(C)CCC[C@H]3[C@@H]2C[C@@H](O[Si](C)(C)c2ccccc2)[C@@H]1CC=O. The summed E-state index contributed by atoms with van der Waals surface area (Å²) in [4.78, 5) is 11.8. The van der Waals surface area contributed by atoms with Crippen molar-refractivity contribution in [2.75, 3.05) is 0 Å². The number of carbonyl (C=O) groups excluding carboxylic acids is 1. The lowest BCUT2D eigenvalue weighted by atomic mass is 9.47. The highest BCUT2D eigenvalue weighted by Crippen LogP contribution is 2.64. The Morgan fingerprint density at radius 3 is 2.53 bits per heavy atom. The molecule has 0 radical (unpaired) electrons. The summed E-state index contributed by atoms with van der Waals surface area (Å²) in [5.41, 5.74) is 0.483. The molecule has 0 aliphatic heterocycles. The van der Waals surface area contributed by atoms with E-state index >= 15 is 0 Å². The third-order valence-electron chi connectivity index (χ3n) is 9.47. The van der Waals surface area contributed by atoms with Crippen molar-refractivity contribution in [2.45, 2.75) is 78.0 Å². The van der Waals surface area contributed by atoms with Gasteiger partial charge in [0.1, 0.15) is 6.29 Å². The number of benzene rings is 1. The fourth-order valence-corrected chi connectivity index (χ4v) is 9.87. The molecule has 3 saturated carbocycles. The molecule has 0 amide bonds. The first-order chi connectivity index (χ1) is 14.2. The summed E-state index contributed by atoms with van der Waals surface area (Å²) in [7, 11) is -2.07. The van der Waals surface area contributed by atoms with Crippen LogP contribution in [0.3, 0.4) is 0 Å². The molecule has 7 atom stereocenters. The van der Waals surface area contributed by atoms with Crippen LogP contribution in [-0.4, -0.2) is 20.7 Å². The monoisotopic (exact) mass is 424 g/mol. The van der Waals surface area contributed by atoms with E-state index in [1.807, 2.05) is 0 Å². The van der Waals surface area contributed by atoms with Crippen LogP contribution in [-0.2, 0) is 9.22 Å². The lowest BCUT2D eigenvalue weighted by molar-refractivity contribution is -0.126. The van der Waals surface area contributed by atoms with Gasteiger partial charge in [0.15, 0.2) is 0 Å². The maximum absolute atomic E-state index is 11.8. The first-order valence-corrected chi connectivity index (χ1v) is 15.0. The maximum Gasteiger partial charge on any atom is 0.218 e. The average molecular weight is 425 g/mol. The Bertz CT molecular complexity index is 774. The van der Waals surface area contributed by atoms with Gasteiger partial charge in [0.2, 0.25) is 8.32 Å². The molecule has 3 aliphatic carbocycles. The number of fused-ring (bicyclic) bond motifs is 3. The Balaban J connectivity index is 1.69. The van der Waals surface area contributed by atoms with Gasteiger partial charge in [-0.05, 0) is 84.9 Å². The number of hydrogen-bond donors (Lipinski definition) is 0. The first-order valence-electron chi connectivity index (χ1n) is 12.1. The average Bonchev–Trinajstić information content (AvgIpc) is 3.13. The van der Waals surface area contributed by atoms with E-state index in [0.717, 1.165) is 18.6 Å². The van der Waals surface area contributed by atoms with Crippen molar-refractivity contribution in [3.8, 4) is 0 Å². The normalized spacial score (nSPS) is 41.0. The van der Waals surface area contributed by atoms with Crippen LogP contribution in [0.2, 0.25) is 13.1 Å². The molecule has 3 heteroatoms. The first kappa shape index (κ1) is 22.0. The molecule has 3 fully saturated rings. The minimum absolute atomic E-state index is 0.0282. The number of carbonyl (C=O) groups is 1. The third kappa shape index (κ3) is 3.56. The zero-order valence-corrected chi connectivity index (χ0v) is 20.4. The number of rotatable bonds is 6. The molecular formula is C27H40O2Si. The summed E-state index contributed by atoms with van der Waals surface area (Å²) < 4.78 is 7.09. The van der Waals surface area contributed by atoms with E-state index in [-0.39, 0.29) is 17.4 Å². The quantitative estimate of drug-likeness (QED) is 0.312. The molecule has 0 N–H and O–H groups in total. The number of hydrogen-bond acceptors (Lipinski definition) is 2. The van der Waals surface area contributed by atoms with Crippen molar-refractivity contribution >= 4 is 19.8 Å². The van der Waals surface area contributed by atoms with Gasteiger partial charge in [-0.2, -0.15) is 0 Å². The van der Waals surface area contributed by atoms with Gasteiger partial charge in [0.05, 0.1) is 0 Å². The van der Waals surface area contributed by atoms with E-state index in [1.54, 1.807) is 0 Å². The minimum Gasteiger partial charge on any atom is -0.410 e. The standard InChI is InChI=1S/C27H40O2Si/c1-6-27(3)23-14-17-26(2)16-10-13-22(26)21(23)19-25(24(27)15-18-28)29-30(4,5)20-11-8-7-9-12-20/h6-9,11-12,18,21-25H,1,10,13-17,19H2,2-5H3/t21-,22-,23-,24-,25+,26-,27+/m0/s1. The van der Waals surface area contributed by atoms with Crippen molar-refractivity contribution in [3.05, 3.63) is 43.0 Å². The number of aldehydes is 1. The number of allylic oxidation sites excluding steroid dienone is 1. The van der Waals surface area contributed by atoms with Crippen LogP contribution in [0, 0.1) is 34.5 Å². The smallest absolute Gasteiger partial charge is 0.218 e. The molecule has 0 saturated heterocycles. The largest absolute Gasteiger partial charge is 0.410 e. The van der Waals surface area contributed by atoms with Crippen molar-refractivity contribution in [1.82, 2.24) is 0 Å². The molecular weight excluding hydrogens is 384 g/mol. The summed E-state index contributed by atoms with van der Waals surface area (Å²) in [5.74, 6) is 2.37. The topological polar surface area (TPSA) is 26.3 Å². The molecule has 3 aliphatic rings. The Hall–Kier alpha value is -1.19. The molecule has 0 heterocycles. The van der Waals surface area contributed by atoms with Gasteiger partial charge >= 0.3 is 0 Å². The Morgan fingerprint density at radius 1 is 1.13 bits per heavy atom. The van der Waals surface area contributed by atoms with E-state index in [0.29, 0.717) is 23.7 Å². The van der Waals surface area contributed by atoms with Crippen LogP contribution in [0.15, 0.2) is 43.0 Å². The van der Waals surface area contributed by atoms with Crippen molar-refractivity contribution in [3.63, 3.8) is 0 Å². The molecule has 2 nitrogen and oxygen atoms in total. The lowest BCUT2D eigenvalue weighted by Crippen LogP contribution is -2.58. The predicted octanol–water partition coefficient (Wildman–Crippen LogP) is 6.12. The molecule has 0 bridgehead atoms. The Kier molecular flexibility index (Phi) is 5.91. The molecule has 0 aromatic heterocycles. The fraction of sp³-hybridized carbons (Fsp3) is 0.667. The van der Waals surface area contributed by atoms with Crippen molar-refractivity contribution in [2.24, 2.45) is 34.5 Å². The van der Waals surface area contributed by atoms with E-state index in [2.05, 4.69) is 69.9 Å². The minimum atomic E-state index is -2.07. The van der Waals surface area contributed by atoms with Crippen LogP contribution < -0.4 is 5.19 Å². The van der Waals surface area contributed by atoms with Crippen LogP contribution in [0.4, 0.5) is 0 Å². The summed E-state index contributed by atoms with van der Waals surface area (Å²) in [6, 6.07) is 10.7. The van der Waals surface area contributed by atoms with E-state index in [4.69, 9.17) is 4.43 Å². The van der Waals surface area contributed by atoms with Gasteiger partial charge in [-0.15, -0.1) is 6.58 Å². The van der Waals surface area contributed by atoms with Gasteiger partial charge in [-0.25, -0.2) is 0 Å².